The maximum absolute atomic E-state index is 13.3. The number of aryl methyl sites for hydroxylation is 1. The van der Waals surface area contributed by atoms with Gasteiger partial charge in [-0.25, -0.2) is 0 Å². The van der Waals surface area contributed by atoms with Gasteiger partial charge in [-0.05, 0) is 38.5 Å². The number of methoxy groups -OCH3 is 2. The van der Waals surface area contributed by atoms with Crippen LogP contribution < -0.4 is 15.0 Å². The van der Waals surface area contributed by atoms with Gasteiger partial charge in [0.2, 0.25) is 11.8 Å². The number of anilines is 1. The highest BCUT2D eigenvalue weighted by Crippen LogP contribution is 2.43. The topological polar surface area (TPSA) is 67.9 Å². The first-order valence-electron chi connectivity index (χ1n) is 10.3. The van der Waals surface area contributed by atoms with E-state index in [1.165, 1.54) is 0 Å². The Bertz CT molecular complexity index is 881. The molecule has 3 rings (SSSR count). The van der Waals surface area contributed by atoms with E-state index >= 15 is 0 Å². The third-order valence-electron chi connectivity index (χ3n) is 5.51. The second kappa shape index (κ2) is 9.76. The van der Waals surface area contributed by atoms with Crippen molar-refractivity contribution in [1.82, 2.24) is 5.32 Å². The van der Waals surface area contributed by atoms with Crippen molar-refractivity contribution in [1.29, 1.82) is 0 Å². The van der Waals surface area contributed by atoms with Gasteiger partial charge in [-0.1, -0.05) is 35.9 Å². The van der Waals surface area contributed by atoms with Crippen LogP contribution in [0.2, 0.25) is 0 Å². The van der Waals surface area contributed by atoms with E-state index in [9.17, 15) is 9.59 Å². The number of carbonyl (C=O) groups excluding carboxylic acids is 2. The Labute approximate surface area is 178 Å². The Kier molecular flexibility index (Phi) is 7.11. The lowest BCUT2D eigenvalue weighted by atomic mass is 9.82. The third-order valence-corrected chi connectivity index (χ3v) is 5.51. The van der Waals surface area contributed by atoms with Crippen LogP contribution in [0.25, 0.3) is 0 Å². The number of ether oxygens (including phenoxy) is 2. The lowest BCUT2D eigenvalue weighted by Gasteiger charge is -2.41. The summed E-state index contributed by atoms with van der Waals surface area (Å²) in [6.45, 7) is 4.34. The number of rotatable bonds is 7. The maximum atomic E-state index is 13.3. The molecule has 6 nitrogen and oxygen atoms in total. The van der Waals surface area contributed by atoms with E-state index in [2.05, 4.69) is 5.32 Å². The molecule has 0 bridgehead atoms. The average molecular weight is 411 g/mol. The van der Waals surface area contributed by atoms with Crippen molar-refractivity contribution in [2.75, 3.05) is 25.7 Å². The average Bonchev–Trinajstić information content (AvgIpc) is 2.74. The molecule has 1 fully saturated rings. The summed E-state index contributed by atoms with van der Waals surface area (Å²) in [5.41, 5.74) is 2.72. The van der Waals surface area contributed by atoms with Crippen molar-refractivity contribution in [2.24, 2.45) is 5.92 Å². The van der Waals surface area contributed by atoms with E-state index in [0.717, 1.165) is 16.8 Å². The Morgan fingerprint density at radius 2 is 1.87 bits per heavy atom. The number of hydrogen-bond acceptors (Lipinski definition) is 4. The molecule has 2 aromatic rings. The van der Waals surface area contributed by atoms with Crippen LogP contribution >= 0.6 is 0 Å². The highest BCUT2D eigenvalue weighted by atomic mass is 16.5. The van der Waals surface area contributed by atoms with Crippen molar-refractivity contribution in [2.45, 2.75) is 38.8 Å². The van der Waals surface area contributed by atoms with Crippen LogP contribution in [0.4, 0.5) is 5.69 Å². The van der Waals surface area contributed by atoms with Gasteiger partial charge in [0.05, 0.1) is 25.7 Å². The van der Waals surface area contributed by atoms with E-state index in [4.69, 9.17) is 9.47 Å². The van der Waals surface area contributed by atoms with Crippen LogP contribution in [0, 0.1) is 12.8 Å². The number of nitrogens with zero attached hydrogens (tertiary/aromatic N) is 1. The fraction of sp³-hybridized carbons (Fsp3) is 0.417. The molecule has 6 heteroatoms. The fourth-order valence-electron chi connectivity index (χ4n) is 4.08. The van der Waals surface area contributed by atoms with E-state index in [1.807, 2.05) is 62.4 Å². The van der Waals surface area contributed by atoms with Crippen molar-refractivity contribution in [3.05, 3.63) is 59.7 Å². The normalized spacial score (nSPS) is 20.0. The molecule has 3 unspecified atom stereocenters. The molecule has 3 atom stereocenters. The van der Waals surface area contributed by atoms with Gasteiger partial charge in [0.25, 0.3) is 0 Å². The zero-order chi connectivity index (χ0) is 21.7. The molecule has 30 heavy (non-hydrogen) atoms. The Balaban J connectivity index is 2.06. The highest BCUT2D eigenvalue weighted by Gasteiger charge is 2.42. The molecule has 1 saturated heterocycles. The SMILES string of the molecule is COCC(C)NC(=O)C1CCC(=O)N(c2ccc(C)cc2)C1c1ccccc1OC. The van der Waals surface area contributed by atoms with Gasteiger partial charge < -0.3 is 19.7 Å². The number of carbonyl (C=O) groups is 2. The van der Waals surface area contributed by atoms with Gasteiger partial charge in [0.1, 0.15) is 5.75 Å². The Hall–Kier alpha value is -2.86. The first-order valence-corrected chi connectivity index (χ1v) is 10.3. The predicted octanol–water partition coefficient (Wildman–Crippen LogP) is 3.64. The predicted molar refractivity (Wildman–Crippen MR) is 117 cm³/mol. The van der Waals surface area contributed by atoms with Crippen molar-refractivity contribution in [3.63, 3.8) is 0 Å². The number of hydrogen-bond donors (Lipinski definition) is 1. The lowest BCUT2D eigenvalue weighted by Crippen LogP contribution is -2.50. The second-order valence-electron chi connectivity index (χ2n) is 7.80. The minimum atomic E-state index is -0.458. The molecule has 1 aliphatic rings. The molecule has 160 valence electrons. The van der Waals surface area contributed by atoms with Crippen LogP contribution in [-0.4, -0.2) is 38.7 Å². The molecule has 2 aromatic carbocycles. The molecule has 1 heterocycles. The van der Waals surface area contributed by atoms with Crippen molar-refractivity contribution < 1.29 is 19.1 Å². The minimum absolute atomic E-state index is 0.00347. The maximum Gasteiger partial charge on any atom is 0.227 e. The number of piperidine rings is 1. The summed E-state index contributed by atoms with van der Waals surface area (Å²) in [7, 11) is 3.22. The van der Waals surface area contributed by atoms with Crippen molar-refractivity contribution in [3.8, 4) is 5.75 Å². The number of para-hydroxylation sites is 1. The molecule has 1 aliphatic heterocycles. The van der Waals surface area contributed by atoms with Crippen LogP contribution in [-0.2, 0) is 14.3 Å². The summed E-state index contributed by atoms with van der Waals surface area (Å²) in [4.78, 5) is 28.1. The van der Waals surface area contributed by atoms with Gasteiger partial charge in [0, 0.05) is 30.8 Å². The van der Waals surface area contributed by atoms with Crippen LogP contribution in [0.15, 0.2) is 48.5 Å². The van der Waals surface area contributed by atoms with E-state index < -0.39 is 12.0 Å². The smallest absolute Gasteiger partial charge is 0.227 e. The summed E-state index contributed by atoms with van der Waals surface area (Å²) >= 11 is 0. The minimum Gasteiger partial charge on any atom is -0.496 e. The van der Waals surface area contributed by atoms with Gasteiger partial charge in [-0.2, -0.15) is 0 Å². The molecule has 0 aromatic heterocycles. The molecular weight excluding hydrogens is 380 g/mol. The van der Waals surface area contributed by atoms with Gasteiger partial charge in [-0.3, -0.25) is 9.59 Å². The number of benzene rings is 2. The van der Waals surface area contributed by atoms with Crippen LogP contribution in [0.3, 0.4) is 0 Å². The molecular formula is C24H30N2O4. The van der Waals surface area contributed by atoms with Gasteiger partial charge in [0.15, 0.2) is 0 Å². The Morgan fingerprint density at radius 1 is 1.17 bits per heavy atom. The summed E-state index contributed by atoms with van der Waals surface area (Å²) < 4.78 is 10.8. The van der Waals surface area contributed by atoms with Gasteiger partial charge in [-0.15, -0.1) is 0 Å². The van der Waals surface area contributed by atoms with Crippen LogP contribution in [0.5, 0.6) is 5.75 Å². The third kappa shape index (κ3) is 4.65. The van der Waals surface area contributed by atoms with E-state index in [1.54, 1.807) is 19.1 Å². The quantitative estimate of drug-likeness (QED) is 0.757. The summed E-state index contributed by atoms with van der Waals surface area (Å²) in [6, 6.07) is 14.8. The van der Waals surface area contributed by atoms with E-state index in [-0.39, 0.29) is 17.9 Å². The largest absolute Gasteiger partial charge is 0.496 e. The summed E-state index contributed by atoms with van der Waals surface area (Å²) in [6.07, 6.45) is 0.797. The molecule has 1 N–H and O–H groups in total. The first kappa shape index (κ1) is 21.8. The number of nitrogens with one attached hydrogen (secondary N) is 1. The molecule has 0 spiro atoms. The summed E-state index contributed by atoms with van der Waals surface area (Å²) in [5.74, 6) is 0.181. The molecule has 0 radical (unpaired) electrons. The Morgan fingerprint density at radius 3 is 2.53 bits per heavy atom. The zero-order valence-corrected chi connectivity index (χ0v) is 18.1. The zero-order valence-electron chi connectivity index (χ0n) is 18.1. The fourth-order valence-corrected chi connectivity index (χ4v) is 4.08. The highest BCUT2D eigenvalue weighted by molar-refractivity contribution is 5.97. The summed E-state index contributed by atoms with van der Waals surface area (Å²) in [5, 5.41) is 3.04. The molecule has 0 saturated carbocycles. The first-order chi connectivity index (χ1) is 14.5. The lowest BCUT2D eigenvalue weighted by molar-refractivity contribution is -0.130. The van der Waals surface area contributed by atoms with Gasteiger partial charge >= 0.3 is 0 Å². The van der Waals surface area contributed by atoms with E-state index in [0.29, 0.717) is 25.2 Å². The standard InChI is InChI=1S/C24H30N2O4/c1-16-9-11-18(12-10-16)26-22(27)14-13-20(24(28)25-17(2)15-29-3)23(26)19-7-5-6-8-21(19)30-4/h5-12,17,20,23H,13-15H2,1-4H3,(H,25,28). The van der Waals surface area contributed by atoms with Crippen LogP contribution in [0.1, 0.15) is 36.9 Å². The molecule has 0 aliphatic carbocycles. The second-order valence-corrected chi connectivity index (χ2v) is 7.80. The van der Waals surface area contributed by atoms with Crippen molar-refractivity contribution >= 4 is 17.5 Å². The monoisotopic (exact) mass is 410 g/mol. The number of amides is 2. The molecule has 2 amide bonds.